The van der Waals surface area contributed by atoms with E-state index >= 15 is 0 Å². The summed E-state index contributed by atoms with van der Waals surface area (Å²) in [5.41, 5.74) is 3.43. The lowest BCUT2D eigenvalue weighted by molar-refractivity contribution is 0.471. The molecule has 2 rings (SSSR count). The number of nitrogens with zero attached hydrogens (tertiary/aromatic N) is 1. The number of phenolic OH excluding ortho intramolecular Hbond substituents is 1. The molecule has 2 nitrogen and oxygen atoms in total. The van der Waals surface area contributed by atoms with E-state index < -0.39 is 0 Å². The lowest BCUT2D eigenvalue weighted by atomic mass is 10.1. The van der Waals surface area contributed by atoms with Gasteiger partial charge in [0.1, 0.15) is 5.75 Å². The van der Waals surface area contributed by atoms with Crippen molar-refractivity contribution in [2.45, 2.75) is 0 Å². The summed E-state index contributed by atoms with van der Waals surface area (Å²) in [5, 5.41) is 9.48. The lowest BCUT2D eigenvalue weighted by Crippen LogP contribution is -2.07. The highest BCUT2D eigenvalue weighted by Gasteiger charge is 1.97. The molecule has 0 bridgehead atoms. The van der Waals surface area contributed by atoms with Crippen molar-refractivity contribution in [2.75, 3.05) is 19.0 Å². The SMILES string of the molecule is CN(C)c1ccc(/C=C/c2ccc(O)c(I)c2)cc1. The Balaban J connectivity index is 2.15. The van der Waals surface area contributed by atoms with Crippen molar-refractivity contribution in [2.24, 2.45) is 0 Å². The maximum absolute atomic E-state index is 9.48. The van der Waals surface area contributed by atoms with E-state index in [-0.39, 0.29) is 0 Å². The quantitative estimate of drug-likeness (QED) is 0.650. The predicted octanol–water partition coefficient (Wildman–Crippen LogP) is 4.23. The van der Waals surface area contributed by atoms with Gasteiger partial charge in [0.25, 0.3) is 0 Å². The topological polar surface area (TPSA) is 23.5 Å². The molecule has 0 radical (unpaired) electrons. The first kappa shape index (κ1) is 13.9. The molecule has 0 aliphatic heterocycles. The number of halogens is 1. The summed E-state index contributed by atoms with van der Waals surface area (Å²) in [7, 11) is 4.06. The Kier molecular flexibility index (Phi) is 4.47. The zero-order valence-electron chi connectivity index (χ0n) is 11.0. The molecule has 0 saturated carbocycles. The lowest BCUT2D eigenvalue weighted by Gasteiger charge is -2.11. The zero-order chi connectivity index (χ0) is 13.8. The van der Waals surface area contributed by atoms with E-state index in [0.29, 0.717) is 5.75 Å². The van der Waals surface area contributed by atoms with E-state index in [4.69, 9.17) is 0 Å². The first-order chi connectivity index (χ1) is 9.06. The maximum Gasteiger partial charge on any atom is 0.128 e. The minimum Gasteiger partial charge on any atom is -0.507 e. The number of hydrogen-bond donors (Lipinski definition) is 1. The fraction of sp³-hybridized carbons (Fsp3) is 0.125. The second kappa shape index (κ2) is 6.10. The molecule has 0 atom stereocenters. The number of phenols is 1. The Morgan fingerprint density at radius 1 is 0.947 bits per heavy atom. The van der Waals surface area contributed by atoms with Crippen molar-refractivity contribution in [1.29, 1.82) is 0 Å². The van der Waals surface area contributed by atoms with Gasteiger partial charge in [0.05, 0.1) is 3.57 Å². The Bertz CT molecular complexity index is 588. The van der Waals surface area contributed by atoms with Crippen LogP contribution in [-0.2, 0) is 0 Å². The zero-order valence-corrected chi connectivity index (χ0v) is 13.1. The molecule has 0 aromatic heterocycles. The third-order valence-corrected chi connectivity index (χ3v) is 3.71. The Morgan fingerprint density at radius 3 is 2.11 bits per heavy atom. The van der Waals surface area contributed by atoms with E-state index in [1.54, 1.807) is 6.07 Å². The van der Waals surface area contributed by atoms with Crippen LogP contribution in [0.2, 0.25) is 0 Å². The third-order valence-electron chi connectivity index (χ3n) is 2.85. The van der Waals surface area contributed by atoms with Gasteiger partial charge in [-0.1, -0.05) is 30.4 Å². The van der Waals surface area contributed by atoms with Crippen molar-refractivity contribution in [3.63, 3.8) is 0 Å². The fourth-order valence-corrected chi connectivity index (χ4v) is 2.24. The van der Waals surface area contributed by atoms with Crippen LogP contribution in [0.3, 0.4) is 0 Å². The molecule has 2 aromatic carbocycles. The Hall–Kier alpha value is -1.49. The van der Waals surface area contributed by atoms with Gasteiger partial charge in [0.2, 0.25) is 0 Å². The first-order valence-electron chi connectivity index (χ1n) is 6.00. The van der Waals surface area contributed by atoms with E-state index in [2.05, 4.69) is 57.8 Å². The van der Waals surface area contributed by atoms with Crippen LogP contribution in [0.15, 0.2) is 42.5 Å². The summed E-state index contributed by atoms with van der Waals surface area (Å²) in [5.74, 6) is 0.327. The van der Waals surface area contributed by atoms with Crippen LogP contribution in [-0.4, -0.2) is 19.2 Å². The summed E-state index contributed by atoms with van der Waals surface area (Å²) < 4.78 is 0.864. The maximum atomic E-state index is 9.48. The van der Waals surface area contributed by atoms with Crippen molar-refractivity contribution >= 4 is 40.4 Å². The van der Waals surface area contributed by atoms with Crippen LogP contribution in [0.5, 0.6) is 5.75 Å². The smallest absolute Gasteiger partial charge is 0.128 e. The number of hydrogen-bond acceptors (Lipinski definition) is 2. The highest BCUT2D eigenvalue weighted by atomic mass is 127. The van der Waals surface area contributed by atoms with Gasteiger partial charge in [-0.3, -0.25) is 0 Å². The second-order valence-electron chi connectivity index (χ2n) is 4.53. The van der Waals surface area contributed by atoms with Crippen LogP contribution in [0.1, 0.15) is 11.1 Å². The molecule has 2 aromatic rings. The standard InChI is InChI=1S/C16H16INO/c1-18(2)14-8-5-12(6-9-14)3-4-13-7-10-16(19)15(17)11-13/h3-11,19H,1-2H3/b4-3+. The summed E-state index contributed by atoms with van der Waals surface area (Å²) in [6, 6.07) is 14.0. The molecular formula is C16H16INO. The summed E-state index contributed by atoms with van der Waals surface area (Å²) in [6.45, 7) is 0. The highest BCUT2D eigenvalue weighted by Crippen LogP contribution is 2.21. The molecule has 0 unspecified atom stereocenters. The molecule has 0 heterocycles. The molecular weight excluding hydrogens is 349 g/mol. The van der Waals surface area contributed by atoms with Crippen LogP contribution in [0.4, 0.5) is 5.69 Å². The van der Waals surface area contributed by atoms with Crippen molar-refractivity contribution < 1.29 is 5.11 Å². The first-order valence-corrected chi connectivity index (χ1v) is 7.08. The largest absolute Gasteiger partial charge is 0.507 e. The molecule has 0 saturated heterocycles. The molecule has 19 heavy (non-hydrogen) atoms. The van der Waals surface area contributed by atoms with Gasteiger partial charge in [0.15, 0.2) is 0 Å². The van der Waals surface area contributed by atoms with Crippen LogP contribution in [0, 0.1) is 3.57 Å². The van der Waals surface area contributed by atoms with Crippen molar-refractivity contribution in [3.8, 4) is 5.75 Å². The van der Waals surface area contributed by atoms with Gasteiger partial charge in [-0.05, 0) is 58.0 Å². The van der Waals surface area contributed by atoms with E-state index in [1.807, 2.05) is 32.3 Å². The number of rotatable bonds is 3. The predicted molar refractivity (Wildman–Crippen MR) is 90.5 cm³/mol. The summed E-state index contributed by atoms with van der Waals surface area (Å²) in [4.78, 5) is 2.08. The fourth-order valence-electron chi connectivity index (χ4n) is 1.70. The van der Waals surface area contributed by atoms with Gasteiger partial charge >= 0.3 is 0 Å². The minimum absolute atomic E-state index is 0.327. The molecule has 1 N–H and O–H groups in total. The summed E-state index contributed by atoms with van der Waals surface area (Å²) in [6.07, 6.45) is 4.12. The molecule has 0 fully saturated rings. The van der Waals surface area contributed by atoms with Crippen LogP contribution in [0.25, 0.3) is 12.2 Å². The number of benzene rings is 2. The van der Waals surface area contributed by atoms with Crippen molar-refractivity contribution in [3.05, 3.63) is 57.2 Å². The van der Waals surface area contributed by atoms with Gasteiger partial charge in [0, 0.05) is 19.8 Å². The number of anilines is 1. The van der Waals surface area contributed by atoms with Crippen molar-refractivity contribution in [1.82, 2.24) is 0 Å². The monoisotopic (exact) mass is 365 g/mol. The Morgan fingerprint density at radius 2 is 1.53 bits per heavy atom. The molecule has 0 spiro atoms. The highest BCUT2D eigenvalue weighted by molar-refractivity contribution is 14.1. The van der Waals surface area contributed by atoms with Gasteiger partial charge in [-0.25, -0.2) is 0 Å². The molecule has 98 valence electrons. The van der Waals surface area contributed by atoms with Gasteiger partial charge in [-0.15, -0.1) is 0 Å². The van der Waals surface area contributed by atoms with Gasteiger partial charge in [-0.2, -0.15) is 0 Å². The molecule has 3 heteroatoms. The third kappa shape index (κ3) is 3.73. The Labute approximate surface area is 127 Å². The van der Waals surface area contributed by atoms with E-state index in [0.717, 1.165) is 14.7 Å². The second-order valence-corrected chi connectivity index (χ2v) is 5.69. The van der Waals surface area contributed by atoms with E-state index in [9.17, 15) is 5.11 Å². The van der Waals surface area contributed by atoms with Gasteiger partial charge < -0.3 is 10.0 Å². The molecule has 0 amide bonds. The number of aromatic hydroxyl groups is 1. The van der Waals surface area contributed by atoms with Crippen LogP contribution >= 0.6 is 22.6 Å². The average Bonchev–Trinajstić information content (AvgIpc) is 2.40. The minimum atomic E-state index is 0.327. The summed E-state index contributed by atoms with van der Waals surface area (Å²) >= 11 is 2.13. The van der Waals surface area contributed by atoms with E-state index in [1.165, 1.54) is 5.69 Å². The van der Waals surface area contributed by atoms with Crippen LogP contribution < -0.4 is 4.90 Å². The average molecular weight is 365 g/mol. The molecule has 0 aliphatic carbocycles. The normalized spacial score (nSPS) is 10.9. The molecule has 0 aliphatic rings.